The first kappa shape index (κ1) is 11.6. The van der Waals surface area contributed by atoms with E-state index in [0.717, 1.165) is 12.8 Å². The molecule has 2 rings (SSSR count). The van der Waals surface area contributed by atoms with Gasteiger partial charge in [0.15, 0.2) is 0 Å². The van der Waals surface area contributed by atoms with Gasteiger partial charge in [-0.05, 0) is 18.8 Å². The van der Waals surface area contributed by atoms with Gasteiger partial charge in [-0.3, -0.25) is 14.5 Å². The fourth-order valence-corrected chi connectivity index (χ4v) is 2.75. The zero-order valence-electron chi connectivity index (χ0n) is 9.65. The van der Waals surface area contributed by atoms with E-state index in [1.54, 1.807) is 0 Å². The van der Waals surface area contributed by atoms with E-state index >= 15 is 0 Å². The quantitative estimate of drug-likeness (QED) is 0.729. The molecule has 1 unspecified atom stereocenters. The molecule has 2 aliphatic rings. The third-order valence-corrected chi connectivity index (χ3v) is 3.80. The summed E-state index contributed by atoms with van der Waals surface area (Å²) in [7, 11) is 0. The van der Waals surface area contributed by atoms with E-state index in [0.29, 0.717) is 25.3 Å². The second-order valence-electron chi connectivity index (χ2n) is 4.96. The Morgan fingerprint density at radius 1 is 1.12 bits per heavy atom. The second kappa shape index (κ2) is 4.95. The highest BCUT2D eigenvalue weighted by atomic mass is 16.2. The fourth-order valence-electron chi connectivity index (χ4n) is 2.75. The molecule has 1 aliphatic heterocycles. The fraction of sp³-hybridized carbons (Fsp3) is 0.833. The summed E-state index contributed by atoms with van der Waals surface area (Å²) in [6, 6.07) is -0.0219. The van der Waals surface area contributed by atoms with Gasteiger partial charge in [-0.2, -0.15) is 0 Å². The molecule has 1 saturated carbocycles. The molecule has 4 heteroatoms. The van der Waals surface area contributed by atoms with Crippen molar-refractivity contribution in [1.82, 2.24) is 4.90 Å². The lowest BCUT2D eigenvalue weighted by Crippen LogP contribution is -2.44. The maximum Gasteiger partial charge on any atom is 0.229 e. The topological polar surface area (TPSA) is 63.4 Å². The summed E-state index contributed by atoms with van der Waals surface area (Å²) in [5.41, 5.74) is 6.11. The minimum atomic E-state index is -0.0451. The largest absolute Gasteiger partial charge is 0.326 e. The molecule has 16 heavy (non-hydrogen) atoms. The van der Waals surface area contributed by atoms with Crippen molar-refractivity contribution >= 4 is 11.8 Å². The first-order valence-corrected chi connectivity index (χ1v) is 6.27. The van der Waals surface area contributed by atoms with Crippen LogP contribution in [0.5, 0.6) is 0 Å². The van der Waals surface area contributed by atoms with Crippen LogP contribution in [0.15, 0.2) is 0 Å². The predicted octanol–water partition coefficient (Wildman–Crippen LogP) is 1.04. The van der Waals surface area contributed by atoms with Gasteiger partial charge in [0.05, 0.1) is 0 Å². The maximum absolute atomic E-state index is 11.5. The van der Waals surface area contributed by atoms with E-state index in [1.165, 1.54) is 24.2 Å². The molecule has 0 bridgehead atoms. The molecule has 0 aromatic carbocycles. The van der Waals surface area contributed by atoms with Crippen LogP contribution in [0.2, 0.25) is 0 Å². The van der Waals surface area contributed by atoms with Gasteiger partial charge in [0, 0.05) is 25.4 Å². The normalized spacial score (nSPS) is 25.2. The highest BCUT2D eigenvalue weighted by Crippen LogP contribution is 2.26. The Balaban J connectivity index is 1.88. The summed E-state index contributed by atoms with van der Waals surface area (Å²) >= 11 is 0. The van der Waals surface area contributed by atoms with Gasteiger partial charge in [-0.1, -0.05) is 19.3 Å². The van der Waals surface area contributed by atoms with Crippen LogP contribution in [0.3, 0.4) is 0 Å². The molecule has 0 aromatic rings. The minimum absolute atomic E-state index is 0.0219. The van der Waals surface area contributed by atoms with Crippen LogP contribution in [-0.2, 0) is 9.59 Å². The lowest BCUT2D eigenvalue weighted by Gasteiger charge is -2.29. The lowest BCUT2D eigenvalue weighted by molar-refractivity contribution is -0.138. The summed E-state index contributed by atoms with van der Waals surface area (Å²) in [6.45, 7) is 0.433. The average molecular weight is 224 g/mol. The highest BCUT2D eigenvalue weighted by molar-refractivity contribution is 6.01. The summed E-state index contributed by atoms with van der Waals surface area (Å²) < 4.78 is 0. The third-order valence-electron chi connectivity index (χ3n) is 3.80. The lowest BCUT2D eigenvalue weighted by atomic mass is 9.84. The monoisotopic (exact) mass is 224 g/mol. The Kier molecular flexibility index (Phi) is 3.59. The van der Waals surface area contributed by atoms with Crippen LogP contribution < -0.4 is 5.73 Å². The summed E-state index contributed by atoms with van der Waals surface area (Å²) in [6.07, 6.45) is 6.81. The van der Waals surface area contributed by atoms with Crippen molar-refractivity contribution in [2.45, 2.75) is 51.0 Å². The first-order chi connectivity index (χ1) is 7.68. The molecule has 0 aromatic heterocycles. The van der Waals surface area contributed by atoms with Crippen LogP contribution in [-0.4, -0.2) is 29.3 Å². The molecule has 1 aliphatic carbocycles. The van der Waals surface area contributed by atoms with Gasteiger partial charge < -0.3 is 5.73 Å². The molecule has 0 radical (unpaired) electrons. The average Bonchev–Trinajstić information content (AvgIpc) is 2.62. The molecule has 1 atom stereocenters. The minimum Gasteiger partial charge on any atom is -0.326 e. The predicted molar refractivity (Wildman–Crippen MR) is 60.5 cm³/mol. The van der Waals surface area contributed by atoms with Crippen molar-refractivity contribution in [3.05, 3.63) is 0 Å². The number of hydrogen-bond acceptors (Lipinski definition) is 3. The summed E-state index contributed by atoms with van der Waals surface area (Å²) in [4.78, 5) is 24.3. The third kappa shape index (κ3) is 2.43. The van der Waals surface area contributed by atoms with Crippen LogP contribution in [0, 0.1) is 5.92 Å². The van der Waals surface area contributed by atoms with Crippen molar-refractivity contribution < 1.29 is 9.59 Å². The molecule has 2 fully saturated rings. The summed E-state index contributed by atoms with van der Waals surface area (Å²) in [5, 5.41) is 0. The van der Waals surface area contributed by atoms with Crippen LogP contribution in [0.1, 0.15) is 44.9 Å². The van der Waals surface area contributed by atoms with E-state index in [1.807, 2.05) is 0 Å². The number of nitrogens with zero attached hydrogens (tertiary/aromatic N) is 1. The van der Waals surface area contributed by atoms with Crippen molar-refractivity contribution in [3.8, 4) is 0 Å². The molecule has 0 spiro atoms. The maximum atomic E-state index is 11.5. The molecule has 2 amide bonds. The van der Waals surface area contributed by atoms with Gasteiger partial charge in [-0.15, -0.1) is 0 Å². The number of imide groups is 1. The van der Waals surface area contributed by atoms with Crippen molar-refractivity contribution in [2.75, 3.05) is 6.54 Å². The van der Waals surface area contributed by atoms with Crippen LogP contribution >= 0.6 is 0 Å². The number of carbonyl (C=O) groups is 2. The first-order valence-electron chi connectivity index (χ1n) is 6.27. The van der Waals surface area contributed by atoms with Crippen molar-refractivity contribution in [2.24, 2.45) is 11.7 Å². The molecule has 4 nitrogen and oxygen atoms in total. The Labute approximate surface area is 96.2 Å². The summed E-state index contributed by atoms with van der Waals surface area (Å²) in [5.74, 6) is 0.405. The standard InChI is InChI=1S/C12H20N2O2/c13-10(9-4-2-1-3-5-9)8-14-11(15)6-7-12(14)16/h9-10H,1-8,13H2. The molecule has 90 valence electrons. The van der Waals surface area contributed by atoms with Gasteiger partial charge in [0.1, 0.15) is 0 Å². The molecular formula is C12H20N2O2. The molecular weight excluding hydrogens is 204 g/mol. The Morgan fingerprint density at radius 3 is 2.25 bits per heavy atom. The highest BCUT2D eigenvalue weighted by Gasteiger charge is 2.32. The van der Waals surface area contributed by atoms with Gasteiger partial charge >= 0.3 is 0 Å². The molecule has 1 saturated heterocycles. The zero-order chi connectivity index (χ0) is 11.5. The SMILES string of the molecule is NC(CN1C(=O)CCC1=O)C1CCCCC1. The smallest absolute Gasteiger partial charge is 0.229 e. The zero-order valence-corrected chi connectivity index (χ0v) is 9.65. The second-order valence-corrected chi connectivity index (χ2v) is 4.96. The van der Waals surface area contributed by atoms with E-state index in [4.69, 9.17) is 5.73 Å². The van der Waals surface area contributed by atoms with E-state index < -0.39 is 0 Å². The van der Waals surface area contributed by atoms with E-state index in [9.17, 15) is 9.59 Å². The van der Waals surface area contributed by atoms with Gasteiger partial charge in [-0.25, -0.2) is 0 Å². The van der Waals surface area contributed by atoms with Gasteiger partial charge in [0.2, 0.25) is 11.8 Å². The Bertz CT molecular complexity index is 269. The Hall–Kier alpha value is -0.900. The number of carbonyl (C=O) groups excluding carboxylic acids is 2. The van der Waals surface area contributed by atoms with E-state index in [2.05, 4.69) is 0 Å². The number of nitrogens with two attached hydrogens (primary N) is 1. The number of amides is 2. The Morgan fingerprint density at radius 2 is 1.69 bits per heavy atom. The van der Waals surface area contributed by atoms with Crippen LogP contribution in [0.4, 0.5) is 0 Å². The number of likely N-dealkylation sites (tertiary alicyclic amines) is 1. The molecule has 1 heterocycles. The molecule has 2 N–H and O–H groups in total. The number of rotatable bonds is 3. The van der Waals surface area contributed by atoms with E-state index in [-0.39, 0.29) is 17.9 Å². The van der Waals surface area contributed by atoms with Crippen LogP contribution in [0.25, 0.3) is 0 Å². The number of hydrogen-bond donors (Lipinski definition) is 1. The van der Waals surface area contributed by atoms with Gasteiger partial charge in [0.25, 0.3) is 0 Å². The van der Waals surface area contributed by atoms with Crippen molar-refractivity contribution in [1.29, 1.82) is 0 Å². The van der Waals surface area contributed by atoms with Crippen molar-refractivity contribution in [3.63, 3.8) is 0 Å².